The monoisotopic (exact) mass is 200 g/mol. The van der Waals surface area contributed by atoms with Crippen molar-refractivity contribution in [2.75, 3.05) is 19.6 Å². The molecule has 14 heavy (non-hydrogen) atoms. The Kier molecular flexibility index (Phi) is 9.42. The number of rotatable bonds is 9. The maximum atomic E-state index is 5.73. The quantitative estimate of drug-likeness (QED) is 0.561. The molecule has 0 amide bonds. The second-order valence-corrected chi connectivity index (χ2v) is 4.62. The van der Waals surface area contributed by atoms with Crippen LogP contribution in [0.5, 0.6) is 0 Å². The van der Waals surface area contributed by atoms with Crippen molar-refractivity contribution in [2.24, 2.45) is 17.6 Å². The summed E-state index contributed by atoms with van der Waals surface area (Å²) in [6, 6.07) is 0. The second kappa shape index (κ2) is 9.47. The van der Waals surface area contributed by atoms with Gasteiger partial charge in [0.15, 0.2) is 0 Å². The van der Waals surface area contributed by atoms with Gasteiger partial charge in [-0.1, -0.05) is 27.2 Å². The molecule has 3 N–H and O–H groups in total. The first-order valence-corrected chi connectivity index (χ1v) is 6.11. The Hall–Kier alpha value is -0.0800. The fraction of sp³-hybridized carbons (Fsp3) is 1.00. The summed E-state index contributed by atoms with van der Waals surface area (Å²) < 4.78 is 0. The lowest BCUT2D eigenvalue weighted by Crippen LogP contribution is -2.24. The zero-order chi connectivity index (χ0) is 10.8. The van der Waals surface area contributed by atoms with E-state index in [1.54, 1.807) is 0 Å². The number of nitrogens with one attached hydrogen (secondary N) is 1. The third-order valence-corrected chi connectivity index (χ3v) is 2.57. The molecule has 0 fully saturated rings. The van der Waals surface area contributed by atoms with Crippen LogP contribution in [0.1, 0.15) is 46.5 Å². The van der Waals surface area contributed by atoms with E-state index in [0.29, 0.717) is 5.92 Å². The van der Waals surface area contributed by atoms with Crippen molar-refractivity contribution in [1.82, 2.24) is 5.32 Å². The summed E-state index contributed by atoms with van der Waals surface area (Å²) in [6.45, 7) is 9.90. The van der Waals surface area contributed by atoms with Gasteiger partial charge in [-0.25, -0.2) is 0 Å². The Morgan fingerprint density at radius 3 is 2.43 bits per heavy atom. The van der Waals surface area contributed by atoms with E-state index < -0.39 is 0 Å². The van der Waals surface area contributed by atoms with E-state index in [4.69, 9.17) is 5.73 Å². The van der Waals surface area contributed by atoms with Gasteiger partial charge in [0.05, 0.1) is 0 Å². The Morgan fingerprint density at radius 2 is 1.93 bits per heavy atom. The first-order valence-electron chi connectivity index (χ1n) is 6.11. The highest BCUT2D eigenvalue weighted by Gasteiger charge is 2.07. The molecule has 0 heterocycles. The van der Waals surface area contributed by atoms with Crippen molar-refractivity contribution in [2.45, 2.75) is 46.5 Å². The van der Waals surface area contributed by atoms with Crippen molar-refractivity contribution in [3.63, 3.8) is 0 Å². The van der Waals surface area contributed by atoms with Gasteiger partial charge in [-0.05, 0) is 50.7 Å². The van der Waals surface area contributed by atoms with E-state index in [1.165, 1.54) is 25.7 Å². The fourth-order valence-corrected chi connectivity index (χ4v) is 1.73. The van der Waals surface area contributed by atoms with Crippen LogP contribution in [0, 0.1) is 11.8 Å². The topological polar surface area (TPSA) is 38.0 Å². The van der Waals surface area contributed by atoms with Gasteiger partial charge < -0.3 is 11.1 Å². The number of hydrogen-bond donors (Lipinski definition) is 2. The zero-order valence-corrected chi connectivity index (χ0v) is 10.2. The second-order valence-electron chi connectivity index (χ2n) is 4.62. The summed E-state index contributed by atoms with van der Waals surface area (Å²) in [7, 11) is 0. The molecular weight excluding hydrogens is 172 g/mol. The summed E-state index contributed by atoms with van der Waals surface area (Å²) in [5.74, 6) is 1.49. The van der Waals surface area contributed by atoms with Gasteiger partial charge in [-0.15, -0.1) is 0 Å². The third kappa shape index (κ3) is 8.52. The molecule has 2 nitrogen and oxygen atoms in total. The first kappa shape index (κ1) is 13.9. The number of hydrogen-bond acceptors (Lipinski definition) is 2. The predicted molar refractivity (Wildman–Crippen MR) is 64.4 cm³/mol. The molecule has 2 heteroatoms. The van der Waals surface area contributed by atoms with Gasteiger partial charge in [-0.2, -0.15) is 0 Å². The van der Waals surface area contributed by atoms with Crippen molar-refractivity contribution >= 4 is 0 Å². The number of unbranched alkanes of at least 4 members (excludes halogenated alkanes) is 1. The van der Waals surface area contributed by atoms with Crippen LogP contribution in [0.2, 0.25) is 0 Å². The molecule has 0 aromatic carbocycles. The largest absolute Gasteiger partial charge is 0.330 e. The van der Waals surface area contributed by atoms with Crippen LogP contribution in [-0.2, 0) is 0 Å². The molecule has 0 aromatic heterocycles. The van der Waals surface area contributed by atoms with Crippen LogP contribution in [-0.4, -0.2) is 19.6 Å². The molecule has 1 unspecified atom stereocenters. The maximum absolute atomic E-state index is 5.73. The summed E-state index contributed by atoms with van der Waals surface area (Å²) in [4.78, 5) is 0. The molecule has 1 atom stereocenters. The molecule has 0 bridgehead atoms. The Labute approximate surface area is 89.6 Å². The molecule has 0 aromatic rings. The van der Waals surface area contributed by atoms with Crippen LogP contribution in [0.4, 0.5) is 0 Å². The van der Waals surface area contributed by atoms with E-state index in [0.717, 1.165) is 25.6 Å². The molecular formula is C12H28N2. The summed E-state index contributed by atoms with van der Waals surface area (Å²) >= 11 is 0. The molecule has 0 saturated heterocycles. The lowest BCUT2D eigenvalue weighted by molar-refractivity contribution is 0.385. The minimum absolute atomic E-state index is 0.712. The van der Waals surface area contributed by atoms with Crippen LogP contribution in [0.25, 0.3) is 0 Å². The minimum atomic E-state index is 0.712. The smallest absolute Gasteiger partial charge is 0.00458 e. The van der Waals surface area contributed by atoms with E-state index in [1.807, 2.05) is 0 Å². The highest BCUT2D eigenvalue weighted by Crippen LogP contribution is 2.13. The van der Waals surface area contributed by atoms with Crippen molar-refractivity contribution in [1.29, 1.82) is 0 Å². The van der Waals surface area contributed by atoms with Gasteiger partial charge in [0, 0.05) is 0 Å². The molecule has 0 spiro atoms. The lowest BCUT2D eigenvalue weighted by atomic mass is 9.94. The van der Waals surface area contributed by atoms with Crippen molar-refractivity contribution in [3.8, 4) is 0 Å². The molecule has 0 aliphatic heterocycles. The SMILES string of the molecule is CCCCNCCC(CN)CC(C)C. The highest BCUT2D eigenvalue weighted by molar-refractivity contribution is 4.63. The Bertz CT molecular complexity index is 113. The highest BCUT2D eigenvalue weighted by atomic mass is 14.8. The minimum Gasteiger partial charge on any atom is -0.330 e. The van der Waals surface area contributed by atoms with Gasteiger partial charge in [-0.3, -0.25) is 0 Å². The maximum Gasteiger partial charge on any atom is -0.00458 e. The molecule has 86 valence electrons. The van der Waals surface area contributed by atoms with Crippen LogP contribution >= 0.6 is 0 Å². The summed E-state index contributed by atoms with van der Waals surface area (Å²) in [6.07, 6.45) is 5.07. The normalized spacial score (nSPS) is 13.5. The molecule has 0 radical (unpaired) electrons. The Balaban J connectivity index is 3.33. The summed E-state index contributed by atoms with van der Waals surface area (Å²) in [5.41, 5.74) is 5.73. The molecule has 0 rings (SSSR count). The van der Waals surface area contributed by atoms with E-state index >= 15 is 0 Å². The Morgan fingerprint density at radius 1 is 1.21 bits per heavy atom. The lowest BCUT2D eigenvalue weighted by Gasteiger charge is -2.17. The fourth-order valence-electron chi connectivity index (χ4n) is 1.73. The number of nitrogens with two attached hydrogens (primary N) is 1. The zero-order valence-electron chi connectivity index (χ0n) is 10.2. The molecule has 0 aliphatic rings. The average molecular weight is 200 g/mol. The summed E-state index contributed by atoms with van der Waals surface area (Å²) in [5, 5.41) is 3.47. The van der Waals surface area contributed by atoms with E-state index in [-0.39, 0.29) is 0 Å². The van der Waals surface area contributed by atoms with E-state index in [9.17, 15) is 0 Å². The van der Waals surface area contributed by atoms with E-state index in [2.05, 4.69) is 26.1 Å². The third-order valence-electron chi connectivity index (χ3n) is 2.57. The van der Waals surface area contributed by atoms with Crippen LogP contribution < -0.4 is 11.1 Å². The first-order chi connectivity index (χ1) is 6.70. The van der Waals surface area contributed by atoms with Crippen molar-refractivity contribution in [3.05, 3.63) is 0 Å². The van der Waals surface area contributed by atoms with Gasteiger partial charge in [0.25, 0.3) is 0 Å². The molecule has 0 aliphatic carbocycles. The van der Waals surface area contributed by atoms with Gasteiger partial charge in [0.1, 0.15) is 0 Å². The standard InChI is InChI=1S/C12H28N2/c1-4-5-7-14-8-6-12(10-13)9-11(2)3/h11-12,14H,4-10,13H2,1-3H3. The average Bonchev–Trinajstić information content (AvgIpc) is 2.15. The van der Waals surface area contributed by atoms with Gasteiger partial charge >= 0.3 is 0 Å². The van der Waals surface area contributed by atoms with Gasteiger partial charge in [0.2, 0.25) is 0 Å². The van der Waals surface area contributed by atoms with Crippen molar-refractivity contribution < 1.29 is 0 Å². The predicted octanol–water partition coefficient (Wildman–Crippen LogP) is 2.39. The molecule has 0 saturated carbocycles. The van der Waals surface area contributed by atoms with Crippen LogP contribution in [0.3, 0.4) is 0 Å². The van der Waals surface area contributed by atoms with Crippen LogP contribution in [0.15, 0.2) is 0 Å².